The van der Waals surface area contributed by atoms with Crippen LogP contribution in [0.15, 0.2) is 17.5 Å². The number of hydrogen-bond donors (Lipinski definition) is 0. The van der Waals surface area contributed by atoms with Gasteiger partial charge in [0.1, 0.15) is 9.88 Å². The van der Waals surface area contributed by atoms with Gasteiger partial charge in [-0.2, -0.15) is 0 Å². The molecule has 0 bridgehead atoms. The molecule has 0 N–H and O–H groups in total. The second kappa shape index (κ2) is 7.48. The zero-order valence-corrected chi connectivity index (χ0v) is 16.6. The monoisotopic (exact) mass is 389 g/mol. The summed E-state index contributed by atoms with van der Waals surface area (Å²) < 4.78 is 0. The van der Waals surface area contributed by atoms with Gasteiger partial charge in [-0.05, 0) is 31.2 Å². The predicted octanol–water partition coefficient (Wildman–Crippen LogP) is 3.65. The van der Waals surface area contributed by atoms with Crippen molar-refractivity contribution in [2.24, 2.45) is 5.92 Å². The van der Waals surface area contributed by atoms with Crippen LogP contribution in [0.25, 0.3) is 9.88 Å². The number of amides is 2. The Labute approximate surface area is 161 Å². The van der Waals surface area contributed by atoms with Crippen molar-refractivity contribution < 1.29 is 9.59 Å². The van der Waals surface area contributed by atoms with Crippen LogP contribution in [0.4, 0.5) is 0 Å². The lowest BCUT2D eigenvalue weighted by Gasteiger charge is -2.35. The molecular weight excluding hydrogens is 366 g/mol. The molecule has 2 fully saturated rings. The van der Waals surface area contributed by atoms with E-state index >= 15 is 0 Å². The van der Waals surface area contributed by atoms with Crippen molar-refractivity contribution in [3.8, 4) is 9.88 Å². The standard InChI is InChI=1S/C19H23N3O2S2/c1-13-16(26-17(20-13)15-7-4-12-25-15)19(24)22-10-8-21(9-11-22)18(23)14-5-2-3-6-14/h4,7,12,14H,2-3,5-6,8-11H2,1H3. The van der Waals surface area contributed by atoms with Gasteiger partial charge < -0.3 is 9.80 Å². The molecule has 0 unspecified atom stereocenters. The minimum absolute atomic E-state index is 0.0516. The van der Waals surface area contributed by atoms with Crippen LogP contribution in [-0.4, -0.2) is 52.8 Å². The maximum absolute atomic E-state index is 12.9. The molecule has 0 radical (unpaired) electrons. The second-order valence-electron chi connectivity index (χ2n) is 7.01. The van der Waals surface area contributed by atoms with E-state index in [1.54, 1.807) is 11.3 Å². The van der Waals surface area contributed by atoms with Gasteiger partial charge in [0.15, 0.2) is 0 Å². The first-order valence-electron chi connectivity index (χ1n) is 9.23. The number of carbonyl (C=O) groups is 2. The highest BCUT2D eigenvalue weighted by atomic mass is 32.1. The van der Waals surface area contributed by atoms with Crippen LogP contribution in [0, 0.1) is 12.8 Å². The van der Waals surface area contributed by atoms with Crippen molar-refractivity contribution in [2.45, 2.75) is 32.6 Å². The second-order valence-corrected chi connectivity index (χ2v) is 8.96. The average molecular weight is 390 g/mol. The Morgan fingerprint density at radius 1 is 1.12 bits per heavy atom. The molecule has 1 saturated heterocycles. The van der Waals surface area contributed by atoms with Crippen LogP contribution in [0.1, 0.15) is 41.0 Å². The normalized spacial score (nSPS) is 18.5. The quantitative estimate of drug-likeness (QED) is 0.805. The minimum atomic E-state index is 0.0516. The van der Waals surface area contributed by atoms with E-state index in [1.165, 1.54) is 24.2 Å². The van der Waals surface area contributed by atoms with Gasteiger partial charge in [0.25, 0.3) is 5.91 Å². The lowest BCUT2D eigenvalue weighted by atomic mass is 10.1. The van der Waals surface area contributed by atoms with Crippen LogP contribution < -0.4 is 0 Å². The summed E-state index contributed by atoms with van der Waals surface area (Å²) in [4.78, 5) is 35.7. The summed E-state index contributed by atoms with van der Waals surface area (Å²) in [5.74, 6) is 0.564. The maximum atomic E-state index is 12.9. The largest absolute Gasteiger partial charge is 0.339 e. The van der Waals surface area contributed by atoms with Gasteiger partial charge in [-0.1, -0.05) is 18.9 Å². The number of thiophene rings is 1. The van der Waals surface area contributed by atoms with Gasteiger partial charge in [-0.25, -0.2) is 4.98 Å². The van der Waals surface area contributed by atoms with E-state index in [-0.39, 0.29) is 11.8 Å². The zero-order chi connectivity index (χ0) is 18.1. The minimum Gasteiger partial charge on any atom is -0.339 e. The molecule has 1 aliphatic heterocycles. The molecule has 2 aromatic heterocycles. The highest BCUT2D eigenvalue weighted by Gasteiger charge is 2.31. The van der Waals surface area contributed by atoms with Crippen LogP contribution in [-0.2, 0) is 4.79 Å². The van der Waals surface area contributed by atoms with E-state index < -0.39 is 0 Å². The van der Waals surface area contributed by atoms with Crippen molar-refractivity contribution >= 4 is 34.5 Å². The van der Waals surface area contributed by atoms with E-state index in [2.05, 4.69) is 4.98 Å². The molecule has 26 heavy (non-hydrogen) atoms. The van der Waals surface area contributed by atoms with Gasteiger partial charge in [-0.15, -0.1) is 22.7 Å². The van der Waals surface area contributed by atoms with E-state index in [0.29, 0.717) is 32.1 Å². The van der Waals surface area contributed by atoms with Gasteiger partial charge >= 0.3 is 0 Å². The SMILES string of the molecule is Cc1nc(-c2cccs2)sc1C(=O)N1CCN(C(=O)C2CCCC2)CC1. The summed E-state index contributed by atoms with van der Waals surface area (Å²) in [6.45, 7) is 4.43. The van der Waals surface area contributed by atoms with Crippen LogP contribution >= 0.6 is 22.7 Å². The number of aromatic nitrogens is 1. The van der Waals surface area contributed by atoms with Crippen molar-refractivity contribution in [3.63, 3.8) is 0 Å². The van der Waals surface area contributed by atoms with Gasteiger partial charge in [-0.3, -0.25) is 9.59 Å². The van der Waals surface area contributed by atoms with Crippen LogP contribution in [0.5, 0.6) is 0 Å². The highest BCUT2D eigenvalue weighted by Crippen LogP contribution is 2.32. The molecule has 2 aromatic rings. The molecular formula is C19H23N3O2S2. The molecule has 0 spiro atoms. The highest BCUT2D eigenvalue weighted by molar-refractivity contribution is 7.22. The first-order valence-corrected chi connectivity index (χ1v) is 10.9. The van der Waals surface area contributed by atoms with Gasteiger partial charge in [0.05, 0.1) is 10.6 Å². The van der Waals surface area contributed by atoms with E-state index in [0.717, 1.165) is 33.3 Å². The number of nitrogens with zero attached hydrogens (tertiary/aromatic N) is 3. The number of thiazole rings is 1. The first-order chi connectivity index (χ1) is 12.6. The third-order valence-corrected chi connectivity index (χ3v) is 7.49. The maximum Gasteiger partial charge on any atom is 0.265 e. The van der Waals surface area contributed by atoms with Gasteiger partial charge in [0.2, 0.25) is 5.91 Å². The molecule has 138 valence electrons. The first kappa shape index (κ1) is 17.7. The van der Waals surface area contributed by atoms with Crippen molar-refractivity contribution in [3.05, 3.63) is 28.1 Å². The predicted molar refractivity (Wildman–Crippen MR) is 105 cm³/mol. The summed E-state index contributed by atoms with van der Waals surface area (Å²) in [7, 11) is 0. The summed E-state index contributed by atoms with van der Waals surface area (Å²) in [5.41, 5.74) is 0.799. The van der Waals surface area contributed by atoms with E-state index in [1.807, 2.05) is 34.2 Å². The summed E-state index contributed by atoms with van der Waals surface area (Å²) >= 11 is 3.11. The summed E-state index contributed by atoms with van der Waals surface area (Å²) in [5, 5.41) is 2.93. The van der Waals surface area contributed by atoms with Crippen molar-refractivity contribution in [1.82, 2.24) is 14.8 Å². The van der Waals surface area contributed by atoms with Crippen molar-refractivity contribution in [2.75, 3.05) is 26.2 Å². The van der Waals surface area contributed by atoms with E-state index in [4.69, 9.17) is 0 Å². The average Bonchev–Trinajstić information content (AvgIpc) is 3.41. The molecule has 7 heteroatoms. The number of rotatable bonds is 3. The Balaban J connectivity index is 1.40. The Bertz CT molecular complexity index is 786. The fourth-order valence-corrected chi connectivity index (χ4v) is 5.64. The zero-order valence-electron chi connectivity index (χ0n) is 14.9. The Kier molecular flexibility index (Phi) is 5.09. The molecule has 1 saturated carbocycles. The van der Waals surface area contributed by atoms with Gasteiger partial charge in [0, 0.05) is 32.1 Å². The fourth-order valence-electron chi connectivity index (χ4n) is 3.80. The molecule has 1 aliphatic carbocycles. The lowest BCUT2D eigenvalue weighted by Crippen LogP contribution is -2.51. The fraction of sp³-hybridized carbons (Fsp3) is 0.526. The lowest BCUT2D eigenvalue weighted by molar-refractivity contribution is -0.136. The number of hydrogen-bond acceptors (Lipinski definition) is 5. The molecule has 2 amide bonds. The number of piperazine rings is 1. The Morgan fingerprint density at radius 3 is 2.46 bits per heavy atom. The Hall–Kier alpha value is -1.73. The topological polar surface area (TPSA) is 53.5 Å². The number of carbonyl (C=O) groups excluding carboxylic acids is 2. The molecule has 2 aliphatic rings. The molecule has 0 aromatic carbocycles. The third-order valence-electron chi connectivity index (χ3n) is 5.31. The molecule has 0 atom stereocenters. The van der Waals surface area contributed by atoms with Crippen LogP contribution in [0.2, 0.25) is 0 Å². The Morgan fingerprint density at radius 2 is 1.81 bits per heavy atom. The molecule has 4 rings (SSSR count). The molecule has 5 nitrogen and oxygen atoms in total. The molecule has 3 heterocycles. The number of aryl methyl sites for hydroxylation is 1. The van der Waals surface area contributed by atoms with Crippen LogP contribution in [0.3, 0.4) is 0 Å². The van der Waals surface area contributed by atoms with E-state index in [9.17, 15) is 9.59 Å². The third kappa shape index (κ3) is 3.42. The summed E-state index contributed by atoms with van der Waals surface area (Å²) in [6, 6.07) is 4.03. The summed E-state index contributed by atoms with van der Waals surface area (Å²) in [6.07, 6.45) is 4.41. The smallest absolute Gasteiger partial charge is 0.265 e. The van der Waals surface area contributed by atoms with Crippen molar-refractivity contribution in [1.29, 1.82) is 0 Å².